The summed E-state index contributed by atoms with van der Waals surface area (Å²) in [5.41, 5.74) is 2.94. The van der Waals surface area contributed by atoms with Gasteiger partial charge in [-0.3, -0.25) is 4.79 Å². The SMILES string of the molecule is Cc1ccc(C(C)C)c(OCC(=O)c2cccn2C)c1. The first-order chi connectivity index (χ1) is 9.49. The quantitative estimate of drug-likeness (QED) is 0.776. The van der Waals surface area contributed by atoms with Crippen molar-refractivity contribution in [1.82, 2.24) is 4.57 Å². The number of nitrogens with zero attached hydrogens (tertiary/aromatic N) is 1. The largest absolute Gasteiger partial charge is 0.485 e. The summed E-state index contributed by atoms with van der Waals surface area (Å²) in [6.45, 7) is 6.34. The maximum atomic E-state index is 12.1. The monoisotopic (exact) mass is 271 g/mol. The fourth-order valence-corrected chi connectivity index (χ4v) is 2.21. The van der Waals surface area contributed by atoms with E-state index in [1.165, 1.54) is 0 Å². The number of benzene rings is 1. The van der Waals surface area contributed by atoms with Crippen LogP contribution in [-0.4, -0.2) is 17.0 Å². The average Bonchev–Trinajstić information content (AvgIpc) is 2.82. The predicted octanol–water partition coefficient (Wildman–Crippen LogP) is 3.72. The van der Waals surface area contributed by atoms with Crippen molar-refractivity contribution in [2.24, 2.45) is 7.05 Å². The molecule has 106 valence electrons. The van der Waals surface area contributed by atoms with Gasteiger partial charge < -0.3 is 9.30 Å². The molecule has 0 aliphatic heterocycles. The van der Waals surface area contributed by atoms with E-state index in [0.29, 0.717) is 11.6 Å². The molecule has 2 rings (SSSR count). The summed E-state index contributed by atoms with van der Waals surface area (Å²) in [5, 5.41) is 0. The number of rotatable bonds is 5. The van der Waals surface area contributed by atoms with E-state index in [4.69, 9.17) is 4.74 Å². The molecular weight excluding hydrogens is 250 g/mol. The highest BCUT2D eigenvalue weighted by atomic mass is 16.5. The summed E-state index contributed by atoms with van der Waals surface area (Å²) in [6.07, 6.45) is 1.86. The lowest BCUT2D eigenvalue weighted by Crippen LogP contribution is -2.15. The molecule has 1 heterocycles. The van der Waals surface area contributed by atoms with Crippen LogP contribution in [0.3, 0.4) is 0 Å². The Balaban J connectivity index is 2.13. The molecule has 0 aliphatic rings. The van der Waals surface area contributed by atoms with Crippen molar-refractivity contribution < 1.29 is 9.53 Å². The third-order valence-corrected chi connectivity index (χ3v) is 3.38. The first kappa shape index (κ1) is 14.4. The minimum Gasteiger partial charge on any atom is -0.485 e. The van der Waals surface area contributed by atoms with Gasteiger partial charge in [-0.05, 0) is 42.2 Å². The molecule has 0 aliphatic carbocycles. The molecule has 0 atom stereocenters. The predicted molar refractivity (Wildman–Crippen MR) is 80.5 cm³/mol. The van der Waals surface area contributed by atoms with Crippen molar-refractivity contribution in [3.63, 3.8) is 0 Å². The third-order valence-electron chi connectivity index (χ3n) is 3.38. The van der Waals surface area contributed by atoms with Gasteiger partial charge in [-0.1, -0.05) is 26.0 Å². The molecule has 0 amide bonds. The Morgan fingerprint density at radius 2 is 2.05 bits per heavy atom. The number of ketones is 1. The number of ether oxygens (including phenoxy) is 1. The molecule has 0 saturated heterocycles. The second kappa shape index (κ2) is 5.95. The van der Waals surface area contributed by atoms with Crippen LogP contribution in [0.4, 0.5) is 0 Å². The van der Waals surface area contributed by atoms with Crippen LogP contribution in [0, 0.1) is 6.92 Å². The highest BCUT2D eigenvalue weighted by molar-refractivity contribution is 5.95. The van der Waals surface area contributed by atoms with Gasteiger partial charge in [0.05, 0.1) is 5.69 Å². The average molecular weight is 271 g/mol. The van der Waals surface area contributed by atoms with Crippen LogP contribution in [0.5, 0.6) is 5.75 Å². The summed E-state index contributed by atoms with van der Waals surface area (Å²) in [5.74, 6) is 1.17. The Labute approximate surface area is 120 Å². The fraction of sp³-hybridized carbons (Fsp3) is 0.353. The Hall–Kier alpha value is -2.03. The van der Waals surface area contributed by atoms with Crippen LogP contribution in [0.2, 0.25) is 0 Å². The zero-order chi connectivity index (χ0) is 14.7. The third kappa shape index (κ3) is 3.10. The zero-order valence-corrected chi connectivity index (χ0v) is 12.5. The van der Waals surface area contributed by atoms with Gasteiger partial charge in [0.2, 0.25) is 5.78 Å². The van der Waals surface area contributed by atoms with E-state index in [1.807, 2.05) is 42.9 Å². The van der Waals surface area contributed by atoms with Crippen LogP contribution < -0.4 is 4.74 Å². The number of carbonyl (C=O) groups excluding carboxylic acids is 1. The number of hydrogen-bond donors (Lipinski definition) is 0. The first-order valence-corrected chi connectivity index (χ1v) is 6.87. The van der Waals surface area contributed by atoms with Crippen molar-refractivity contribution >= 4 is 5.78 Å². The molecule has 0 unspecified atom stereocenters. The van der Waals surface area contributed by atoms with Crippen molar-refractivity contribution in [3.8, 4) is 5.75 Å². The van der Waals surface area contributed by atoms with Gasteiger partial charge in [0.15, 0.2) is 6.61 Å². The van der Waals surface area contributed by atoms with Crippen LogP contribution >= 0.6 is 0 Å². The summed E-state index contributed by atoms with van der Waals surface area (Å²) < 4.78 is 7.57. The van der Waals surface area contributed by atoms with E-state index in [2.05, 4.69) is 26.0 Å². The van der Waals surface area contributed by atoms with Gasteiger partial charge in [-0.15, -0.1) is 0 Å². The lowest BCUT2D eigenvalue weighted by molar-refractivity contribution is 0.0912. The van der Waals surface area contributed by atoms with Crippen LogP contribution in [0.15, 0.2) is 36.5 Å². The fourth-order valence-electron chi connectivity index (χ4n) is 2.21. The Bertz CT molecular complexity index is 611. The minimum absolute atomic E-state index is 0.00582. The normalized spacial score (nSPS) is 10.8. The molecule has 3 nitrogen and oxygen atoms in total. The first-order valence-electron chi connectivity index (χ1n) is 6.87. The summed E-state index contributed by atoms with van der Waals surface area (Å²) in [6, 6.07) is 9.81. The van der Waals surface area contributed by atoms with Gasteiger partial charge in [-0.2, -0.15) is 0 Å². The number of Topliss-reactive ketones (excluding diaryl/α,β-unsaturated/α-hetero) is 1. The molecule has 20 heavy (non-hydrogen) atoms. The van der Waals surface area contributed by atoms with Crippen molar-refractivity contribution in [2.75, 3.05) is 6.61 Å². The highest BCUT2D eigenvalue weighted by Gasteiger charge is 2.13. The van der Waals surface area contributed by atoms with Crippen LogP contribution in [0.1, 0.15) is 41.4 Å². The molecule has 1 aromatic carbocycles. The zero-order valence-electron chi connectivity index (χ0n) is 12.5. The molecule has 1 aromatic heterocycles. The maximum absolute atomic E-state index is 12.1. The van der Waals surface area contributed by atoms with E-state index in [1.54, 1.807) is 0 Å². The van der Waals surface area contributed by atoms with Crippen molar-refractivity contribution in [3.05, 3.63) is 53.3 Å². The molecule has 2 aromatic rings. The number of aromatic nitrogens is 1. The van der Waals surface area contributed by atoms with Gasteiger partial charge in [0, 0.05) is 13.2 Å². The highest BCUT2D eigenvalue weighted by Crippen LogP contribution is 2.27. The summed E-state index contributed by atoms with van der Waals surface area (Å²) in [7, 11) is 1.86. The Morgan fingerprint density at radius 3 is 2.65 bits per heavy atom. The Kier molecular flexibility index (Phi) is 4.28. The Morgan fingerprint density at radius 1 is 1.30 bits per heavy atom. The van der Waals surface area contributed by atoms with E-state index in [9.17, 15) is 4.79 Å². The molecule has 3 heteroatoms. The van der Waals surface area contributed by atoms with Crippen molar-refractivity contribution in [1.29, 1.82) is 0 Å². The number of carbonyl (C=O) groups is 1. The molecule has 0 saturated carbocycles. The van der Waals surface area contributed by atoms with E-state index in [0.717, 1.165) is 16.9 Å². The smallest absolute Gasteiger partial charge is 0.216 e. The lowest BCUT2D eigenvalue weighted by atomic mass is 10.0. The molecular formula is C17H21NO2. The molecule has 0 fully saturated rings. The summed E-state index contributed by atoms with van der Waals surface area (Å²) >= 11 is 0. The van der Waals surface area contributed by atoms with Crippen LogP contribution in [-0.2, 0) is 7.05 Å². The van der Waals surface area contributed by atoms with E-state index < -0.39 is 0 Å². The van der Waals surface area contributed by atoms with E-state index >= 15 is 0 Å². The molecule has 0 radical (unpaired) electrons. The van der Waals surface area contributed by atoms with Gasteiger partial charge in [0.25, 0.3) is 0 Å². The minimum atomic E-state index is -0.00582. The molecule has 0 bridgehead atoms. The van der Waals surface area contributed by atoms with E-state index in [-0.39, 0.29) is 12.4 Å². The number of aryl methyl sites for hydroxylation is 2. The van der Waals surface area contributed by atoms with Gasteiger partial charge in [-0.25, -0.2) is 0 Å². The number of hydrogen-bond acceptors (Lipinski definition) is 2. The van der Waals surface area contributed by atoms with Gasteiger partial charge >= 0.3 is 0 Å². The van der Waals surface area contributed by atoms with Crippen molar-refractivity contribution in [2.45, 2.75) is 26.7 Å². The second-order valence-corrected chi connectivity index (χ2v) is 5.41. The van der Waals surface area contributed by atoms with Gasteiger partial charge in [0.1, 0.15) is 5.75 Å². The topological polar surface area (TPSA) is 31.2 Å². The molecule has 0 spiro atoms. The summed E-state index contributed by atoms with van der Waals surface area (Å²) in [4.78, 5) is 12.1. The molecule has 0 N–H and O–H groups in total. The van der Waals surface area contributed by atoms with Crippen LogP contribution in [0.25, 0.3) is 0 Å². The second-order valence-electron chi connectivity index (χ2n) is 5.41. The maximum Gasteiger partial charge on any atom is 0.216 e. The standard InChI is InChI=1S/C17H21NO2/c1-12(2)14-8-7-13(3)10-17(14)20-11-16(19)15-6-5-9-18(15)4/h5-10,12H,11H2,1-4H3. The lowest BCUT2D eigenvalue weighted by Gasteiger charge is -2.14.